The molecule has 0 aromatic rings. The van der Waals surface area contributed by atoms with Crippen LogP contribution in [0.3, 0.4) is 0 Å². The minimum absolute atomic E-state index is 0. The topological polar surface area (TPSA) is 158 Å². The van der Waals surface area contributed by atoms with Crippen LogP contribution in [0.2, 0.25) is 0 Å². The average Bonchev–Trinajstić information content (AvgIpc) is 2.40. The van der Waals surface area contributed by atoms with Crippen LogP contribution in [0.1, 0.15) is 6.42 Å². The van der Waals surface area contributed by atoms with Crippen molar-refractivity contribution in [2.45, 2.75) is 6.42 Å². The van der Waals surface area contributed by atoms with E-state index in [1.807, 2.05) is 0 Å². The van der Waals surface area contributed by atoms with Crippen molar-refractivity contribution in [1.82, 2.24) is 0 Å². The summed E-state index contributed by atoms with van der Waals surface area (Å²) in [4.78, 5) is 36.7. The monoisotopic (exact) mass is 376 g/mol. The Hall–Kier alpha value is -2.02. The van der Waals surface area contributed by atoms with Gasteiger partial charge >= 0.3 is 26.2 Å². The Morgan fingerprint density at radius 3 is 0.952 bits per heavy atom. The first-order chi connectivity index (χ1) is 9.08. The van der Waals surface area contributed by atoms with E-state index in [2.05, 4.69) is 26.7 Å². The summed E-state index contributed by atoms with van der Waals surface area (Å²) in [7, 11) is 0. The van der Waals surface area contributed by atoms with Crippen molar-refractivity contribution >= 4 is 23.9 Å². The normalized spacial score (nSPS) is 6.33. The second-order valence-corrected chi connectivity index (χ2v) is 2.21. The van der Waals surface area contributed by atoms with Crippen LogP contribution in [0.5, 0.6) is 0 Å². The third-order valence-corrected chi connectivity index (χ3v) is 0.714. The van der Waals surface area contributed by atoms with Crippen LogP contribution < -0.4 is 15.3 Å². The van der Waals surface area contributed by atoms with Gasteiger partial charge in [0.25, 0.3) is 5.97 Å². The maximum Gasteiger partial charge on any atom is 4.00 e. The van der Waals surface area contributed by atoms with E-state index in [0.29, 0.717) is 0 Å². The quantitative estimate of drug-likeness (QED) is 0.402. The molecule has 0 bridgehead atoms. The summed E-state index contributed by atoms with van der Waals surface area (Å²) < 4.78 is 0. The number of hydrogen-bond donors (Lipinski definition) is 1. The van der Waals surface area contributed by atoms with E-state index in [9.17, 15) is 4.79 Å². The van der Waals surface area contributed by atoms with Crippen LogP contribution in [0.15, 0.2) is 38.0 Å². The zero-order valence-electron chi connectivity index (χ0n) is 11.1. The molecule has 0 aliphatic heterocycles. The first-order valence-corrected chi connectivity index (χ1v) is 4.60. The molecule has 0 saturated carbocycles. The van der Waals surface area contributed by atoms with E-state index >= 15 is 0 Å². The van der Waals surface area contributed by atoms with Crippen LogP contribution in [-0.4, -0.2) is 29.0 Å². The predicted molar refractivity (Wildman–Crippen MR) is 63.2 cm³/mol. The fourth-order valence-corrected chi connectivity index (χ4v) is 0. The van der Waals surface area contributed by atoms with Crippen molar-refractivity contribution < 1.29 is 65.8 Å². The van der Waals surface area contributed by atoms with E-state index < -0.39 is 23.9 Å². The van der Waals surface area contributed by atoms with Crippen LogP contribution in [-0.2, 0) is 45.4 Å². The first-order valence-electron chi connectivity index (χ1n) is 4.60. The number of carboxylic acids is 4. The van der Waals surface area contributed by atoms with Crippen LogP contribution in [0, 0.1) is 6.92 Å². The van der Waals surface area contributed by atoms with Gasteiger partial charge in [-0.1, -0.05) is 26.2 Å². The maximum atomic E-state index is 9.31. The Morgan fingerprint density at radius 1 is 0.857 bits per heavy atom. The van der Waals surface area contributed by atoms with Crippen LogP contribution in [0.4, 0.5) is 0 Å². The summed E-state index contributed by atoms with van der Waals surface area (Å²) in [5.41, 5.74) is 0. The summed E-state index contributed by atoms with van der Waals surface area (Å²) in [6, 6.07) is 0. The van der Waals surface area contributed by atoms with Gasteiger partial charge in [-0.2, -0.15) is 0 Å². The molecule has 0 saturated heterocycles. The third kappa shape index (κ3) is 128. The summed E-state index contributed by atoms with van der Waals surface area (Å²) >= 11 is 0. The van der Waals surface area contributed by atoms with Crippen molar-refractivity contribution in [1.29, 1.82) is 0 Å². The van der Waals surface area contributed by atoms with Crippen LogP contribution in [0.25, 0.3) is 0 Å². The van der Waals surface area contributed by atoms with Gasteiger partial charge in [-0.05, 0) is 18.2 Å². The Bertz CT molecular complexity index is 306. The fraction of sp³-hybridized carbons (Fsp3) is 0.0833. The molecule has 21 heavy (non-hydrogen) atoms. The second kappa shape index (κ2) is 26.5. The smallest absolute Gasteiger partial charge is 0.545 e. The number of carboxylic acid groups (broad SMARTS) is 4. The zero-order valence-corrected chi connectivity index (χ0v) is 13.5. The molecule has 0 radical (unpaired) electrons. The third-order valence-electron chi connectivity index (χ3n) is 0.714. The van der Waals surface area contributed by atoms with Gasteiger partial charge in [0.05, 0.1) is 17.9 Å². The van der Waals surface area contributed by atoms with Gasteiger partial charge in [0, 0.05) is 0 Å². The molecule has 8 nitrogen and oxygen atoms in total. The summed E-state index contributed by atoms with van der Waals surface area (Å²) in [5.74, 6) is -4.55. The van der Waals surface area contributed by atoms with Crippen molar-refractivity contribution in [3.05, 3.63) is 44.9 Å². The van der Waals surface area contributed by atoms with Gasteiger partial charge in [-0.15, -0.1) is 0 Å². The predicted octanol–water partition coefficient (Wildman–Crippen LogP) is -2.94. The second-order valence-electron chi connectivity index (χ2n) is 2.21. The molecule has 0 aromatic carbocycles. The minimum Gasteiger partial charge on any atom is -0.545 e. The summed E-state index contributed by atoms with van der Waals surface area (Å²) in [6.45, 7) is 11.8. The number of carbonyl (C=O) groups is 4. The van der Waals surface area contributed by atoms with Gasteiger partial charge in [0.2, 0.25) is 0 Å². The minimum atomic E-state index is -1.23. The molecule has 0 spiro atoms. The van der Waals surface area contributed by atoms with E-state index in [0.717, 1.165) is 18.2 Å². The molecule has 0 heterocycles. The van der Waals surface area contributed by atoms with Gasteiger partial charge in [0.15, 0.2) is 0 Å². The van der Waals surface area contributed by atoms with E-state index in [-0.39, 0.29) is 32.6 Å². The Kier molecular flexibility index (Phi) is 39.7. The van der Waals surface area contributed by atoms with Gasteiger partial charge in [-0.3, -0.25) is 4.79 Å². The van der Waals surface area contributed by atoms with E-state index in [4.69, 9.17) is 34.8 Å². The molecule has 0 aromatic heterocycles. The van der Waals surface area contributed by atoms with Gasteiger partial charge in [0.1, 0.15) is 0 Å². The molecular weight excluding hydrogens is 363 g/mol. The molecule has 0 fully saturated rings. The summed E-state index contributed by atoms with van der Waals surface area (Å²) in [6.07, 6.45) is 2.14. The van der Waals surface area contributed by atoms with Crippen molar-refractivity contribution in [3.8, 4) is 0 Å². The number of carbonyl (C=O) groups excluding carboxylic acids is 3. The van der Waals surface area contributed by atoms with Crippen molar-refractivity contribution in [2.24, 2.45) is 0 Å². The Labute approximate surface area is 141 Å². The number of rotatable bonds is 4. The average molecular weight is 377 g/mol. The number of aliphatic carboxylic acids is 4. The number of hydrogen-bond acceptors (Lipinski definition) is 7. The van der Waals surface area contributed by atoms with Crippen molar-refractivity contribution in [3.63, 3.8) is 0 Å². The molecular formula is C12H14O8Zr. The molecule has 1 N–H and O–H groups in total. The molecule has 114 valence electrons. The molecule has 0 amide bonds. The molecule has 0 unspecified atom stereocenters. The molecule has 9 heteroatoms. The fourth-order valence-electron chi connectivity index (χ4n) is 0. The maximum absolute atomic E-state index is 9.31. The molecule has 0 aliphatic rings. The van der Waals surface area contributed by atoms with E-state index in [1.165, 1.54) is 0 Å². The zero-order chi connectivity index (χ0) is 17.1. The molecule has 0 rings (SSSR count). The van der Waals surface area contributed by atoms with Gasteiger partial charge in [-0.25, -0.2) is 0 Å². The standard InChI is InChI=1S/C3H5O2.3C3H4O2.Zr/c4*1-2-3(4)5;/h1-2H2,(H,4,5);3*2H,1H2,(H,4,5);/q-1;;;;+4/p-3. The van der Waals surface area contributed by atoms with Crippen LogP contribution >= 0.6 is 0 Å². The largest absolute Gasteiger partial charge is 4.00 e. The molecule has 0 atom stereocenters. The van der Waals surface area contributed by atoms with Crippen molar-refractivity contribution in [2.75, 3.05) is 0 Å². The SMILES string of the molecule is C=CC(=O)[O-].C=CC(=O)[O-].C=CC(=O)[O-].[CH2-]CC(=O)O.[Zr+4]. The summed E-state index contributed by atoms with van der Waals surface area (Å²) in [5, 5.41) is 35.1. The van der Waals surface area contributed by atoms with E-state index in [1.54, 1.807) is 0 Å². The van der Waals surface area contributed by atoms with Gasteiger partial charge < -0.3 is 41.7 Å². The Morgan fingerprint density at radius 2 is 0.952 bits per heavy atom. The first kappa shape index (κ1) is 31.4. The molecule has 0 aliphatic carbocycles. The Balaban J connectivity index is -0.0000000533.